The molecule has 0 saturated heterocycles. The predicted molar refractivity (Wildman–Crippen MR) is 80.0 cm³/mol. The third kappa shape index (κ3) is 5.85. The topological polar surface area (TPSA) is 38.8 Å². The van der Waals surface area contributed by atoms with Crippen LogP contribution in [-0.2, 0) is 14.3 Å². The molecule has 0 bridgehead atoms. The highest BCUT2D eigenvalue weighted by Gasteiger charge is 2.85. The lowest BCUT2D eigenvalue weighted by Gasteiger charge is -2.42. The summed E-state index contributed by atoms with van der Waals surface area (Å²) in [7, 11) is 0. The molecule has 0 N–H and O–H groups in total. The SMILES string of the molecule is CC(C)N(C(=O)[C@@](F)(OC(F)(F)[C@](F)(OC(F)(F)C(F)(F)C(F)(F)F)C(F)(F)F)C(F)(F)F)C(C)C. The van der Waals surface area contributed by atoms with E-state index in [0.29, 0.717) is 0 Å². The largest absolute Gasteiger partial charge is 0.462 e. The van der Waals surface area contributed by atoms with Gasteiger partial charge in [0.1, 0.15) is 0 Å². The molecule has 0 aromatic rings. The fourth-order valence-electron chi connectivity index (χ4n) is 2.38. The van der Waals surface area contributed by atoms with Crippen molar-refractivity contribution in [2.75, 3.05) is 0 Å². The van der Waals surface area contributed by atoms with Crippen LogP contribution >= 0.6 is 0 Å². The number of amides is 1. The molecule has 0 aliphatic carbocycles. The van der Waals surface area contributed by atoms with E-state index in [2.05, 4.69) is 4.74 Å². The Balaban J connectivity index is 6.99. The van der Waals surface area contributed by atoms with Crippen molar-refractivity contribution in [3.8, 4) is 0 Å². The van der Waals surface area contributed by atoms with Gasteiger partial charge in [-0.3, -0.25) is 14.3 Å². The highest BCUT2D eigenvalue weighted by atomic mass is 19.4. The van der Waals surface area contributed by atoms with Crippen LogP contribution in [0.3, 0.4) is 0 Å². The van der Waals surface area contributed by atoms with Crippen molar-refractivity contribution in [2.45, 2.75) is 88.2 Å². The number of nitrogens with zero attached hydrogens (tertiary/aromatic N) is 1. The lowest BCUT2D eigenvalue weighted by molar-refractivity contribution is -0.548. The van der Waals surface area contributed by atoms with Crippen LogP contribution in [0.4, 0.5) is 74.6 Å². The van der Waals surface area contributed by atoms with E-state index in [9.17, 15) is 79.4 Å². The highest BCUT2D eigenvalue weighted by Crippen LogP contribution is 2.56. The molecular formula is C15H14F17NO3. The summed E-state index contributed by atoms with van der Waals surface area (Å²) in [5.74, 6) is -25.9. The fourth-order valence-corrected chi connectivity index (χ4v) is 2.38. The Hall–Kier alpha value is -1.80. The zero-order valence-electron chi connectivity index (χ0n) is 17.8. The number of hydrogen-bond acceptors (Lipinski definition) is 3. The molecule has 0 saturated carbocycles. The van der Waals surface area contributed by atoms with E-state index in [1.807, 2.05) is 0 Å². The normalized spacial score (nSPS) is 18.3. The third-order valence-electron chi connectivity index (χ3n) is 3.99. The molecule has 1 amide bonds. The number of halogens is 17. The molecule has 2 atom stereocenters. The summed E-state index contributed by atoms with van der Waals surface area (Å²) in [6.07, 6.45) is -38.4. The number of hydrogen-bond donors (Lipinski definition) is 0. The minimum absolute atomic E-state index is 0.287. The Labute approximate surface area is 189 Å². The molecule has 21 heteroatoms. The second-order valence-corrected chi connectivity index (χ2v) is 7.40. The second-order valence-electron chi connectivity index (χ2n) is 7.40. The van der Waals surface area contributed by atoms with Crippen LogP contribution in [0, 0.1) is 0 Å². The van der Waals surface area contributed by atoms with Gasteiger partial charge in [-0.2, -0.15) is 74.6 Å². The van der Waals surface area contributed by atoms with Crippen LogP contribution in [-0.4, -0.2) is 71.3 Å². The number of carbonyl (C=O) groups excluding carboxylic acids is 1. The summed E-state index contributed by atoms with van der Waals surface area (Å²) >= 11 is 0. The number of rotatable bonds is 9. The van der Waals surface area contributed by atoms with E-state index < -0.39 is 66.4 Å². The quantitative estimate of drug-likeness (QED) is 0.293. The van der Waals surface area contributed by atoms with Gasteiger partial charge in [0, 0.05) is 12.1 Å². The van der Waals surface area contributed by atoms with Crippen molar-refractivity contribution in [3.05, 3.63) is 0 Å². The van der Waals surface area contributed by atoms with Crippen LogP contribution in [0.2, 0.25) is 0 Å². The highest BCUT2D eigenvalue weighted by molar-refractivity contribution is 5.85. The van der Waals surface area contributed by atoms with Crippen LogP contribution in [0.5, 0.6) is 0 Å². The Morgan fingerprint density at radius 2 is 0.917 bits per heavy atom. The maximum absolute atomic E-state index is 14.6. The standard InChI is InChI=1S/C15H14F17NO3/c1-5(2)33(6(3)4)7(34)8(16,11(20,21)22)35-15(31,32)10(19,13(26,27)28)36-14(29,30)9(17,18)12(23,24)25/h5-6H,1-4H3/t8-,10-/m1/s1. The molecule has 36 heavy (non-hydrogen) atoms. The Morgan fingerprint density at radius 3 is 1.17 bits per heavy atom. The molecule has 4 nitrogen and oxygen atoms in total. The second kappa shape index (κ2) is 9.50. The first kappa shape index (κ1) is 34.2. The van der Waals surface area contributed by atoms with Crippen molar-refractivity contribution in [1.29, 1.82) is 0 Å². The van der Waals surface area contributed by atoms with Gasteiger partial charge in [0.15, 0.2) is 0 Å². The Bertz CT molecular complexity index is 780. The van der Waals surface area contributed by atoms with Gasteiger partial charge in [-0.1, -0.05) is 0 Å². The minimum atomic E-state index is -8.03. The van der Waals surface area contributed by atoms with Gasteiger partial charge < -0.3 is 4.90 Å². The van der Waals surface area contributed by atoms with Crippen LogP contribution in [0.1, 0.15) is 27.7 Å². The number of alkyl halides is 17. The number of carbonyl (C=O) groups is 1. The molecule has 0 spiro atoms. The van der Waals surface area contributed by atoms with Crippen molar-refractivity contribution in [3.63, 3.8) is 0 Å². The zero-order valence-corrected chi connectivity index (χ0v) is 17.8. The average molecular weight is 579 g/mol. The summed E-state index contributed by atoms with van der Waals surface area (Å²) in [6.45, 7) is 3.24. The molecule has 0 aromatic heterocycles. The first-order valence-corrected chi connectivity index (χ1v) is 8.78. The van der Waals surface area contributed by atoms with Crippen molar-refractivity contribution in [1.82, 2.24) is 4.90 Å². The molecule has 0 aliphatic heterocycles. The monoisotopic (exact) mass is 579 g/mol. The van der Waals surface area contributed by atoms with E-state index in [0.717, 1.165) is 27.7 Å². The first-order chi connectivity index (χ1) is 15.3. The van der Waals surface area contributed by atoms with Gasteiger partial charge in [-0.05, 0) is 27.7 Å². The van der Waals surface area contributed by atoms with Gasteiger partial charge in [-0.15, -0.1) is 0 Å². The summed E-state index contributed by atoms with van der Waals surface area (Å²) in [6, 6.07) is -3.15. The van der Waals surface area contributed by atoms with E-state index in [1.165, 1.54) is 4.74 Å². The Kier molecular flexibility index (Phi) is 9.02. The molecule has 0 unspecified atom stereocenters. The lowest BCUT2D eigenvalue weighted by Crippen LogP contribution is -2.69. The van der Waals surface area contributed by atoms with Gasteiger partial charge in [-0.25, -0.2) is 0 Å². The van der Waals surface area contributed by atoms with Gasteiger partial charge >= 0.3 is 48.4 Å². The molecule has 216 valence electrons. The fraction of sp³-hybridized carbons (Fsp3) is 0.933. The summed E-state index contributed by atoms with van der Waals surface area (Å²) in [4.78, 5) is 11.7. The molecule has 0 aliphatic rings. The van der Waals surface area contributed by atoms with E-state index in [-0.39, 0.29) is 4.90 Å². The van der Waals surface area contributed by atoms with E-state index >= 15 is 0 Å². The smallest absolute Gasteiger partial charge is 0.333 e. The molecule has 0 radical (unpaired) electrons. The molecule has 0 fully saturated rings. The minimum Gasteiger partial charge on any atom is -0.333 e. The molecule has 0 heterocycles. The van der Waals surface area contributed by atoms with Crippen molar-refractivity contribution in [2.24, 2.45) is 0 Å². The third-order valence-corrected chi connectivity index (χ3v) is 3.99. The number of ether oxygens (including phenoxy) is 2. The van der Waals surface area contributed by atoms with Crippen LogP contribution in [0.15, 0.2) is 0 Å². The maximum Gasteiger partial charge on any atom is 0.462 e. The average Bonchev–Trinajstić information content (AvgIpc) is 2.56. The summed E-state index contributed by atoms with van der Waals surface area (Å²) in [5.41, 5.74) is 0. The van der Waals surface area contributed by atoms with Gasteiger partial charge in [0.05, 0.1) is 0 Å². The first-order valence-electron chi connectivity index (χ1n) is 8.78. The molecule has 0 rings (SSSR count). The lowest BCUT2D eigenvalue weighted by atomic mass is 10.1. The van der Waals surface area contributed by atoms with Crippen molar-refractivity contribution < 1.29 is 88.9 Å². The zero-order chi connectivity index (χ0) is 29.7. The van der Waals surface area contributed by atoms with Crippen molar-refractivity contribution >= 4 is 5.91 Å². The Morgan fingerprint density at radius 1 is 0.556 bits per heavy atom. The molecular weight excluding hydrogens is 565 g/mol. The van der Waals surface area contributed by atoms with E-state index in [1.54, 1.807) is 0 Å². The van der Waals surface area contributed by atoms with Gasteiger partial charge in [0.2, 0.25) is 0 Å². The van der Waals surface area contributed by atoms with Crippen LogP contribution in [0.25, 0.3) is 0 Å². The maximum atomic E-state index is 14.6. The summed E-state index contributed by atoms with van der Waals surface area (Å²) in [5, 5.41) is 0. The summed E-state index contributed by atoms with van der Waals surface area (Å²) < 4.78 is 227. The van der Waals surface area contributed by atoms with E-state index in [4.69, 9.17) is 0 Å². The predicted octanol–water partition coefficient (Wildman–Crippen LogP) is 6.50. The molecule has 0 aromatic carbocycles. The van der Waals surface area contributed by atoms with Crippen LogP contribution < -0.4 is 0 Å². The van der Waals surface area contributed by atoms with Gasteiger partial charge in [0.25, 0.3) is 5.91 Å².